The van der Waals surface area contributed by atoms with Crippen molar-refractivity contribution in [1.82, 2.24) is 4.98 Å². The van der Waals surface area contributed by atoms with Gasteiger partial charge in [-0.05, 0) is 18.2 Å². The minimum atomic E-state index is -0.364. The van der Waals surface area contributed by atoms with Crippen LogP contribution in [0.25, 0.3) is 10.2 Å². The number of hydrogen-bond acceptors (Lipinski definition) is 4. The van der Waals surface area contributed by atoms with Gasteiger partial charge in [-0.1, -0.05) is 0 Å². The number of fused-ring (bicyclic) bond motifs is 1. The Balaban J connectivity index is 2.46. The first-order chi connectivity index (χ1) is 6.65. The molecule has 0 spiro atoms. The van der Waals surface area contributed by atoms with Crippen LogP contribution < -0.4 is 11.5 Å². The van der Waals surface area contributed by atoms with Gasteiger partial charge in [0.1, 0.15) is 5.01 Å². The van der Waals surface area contributed by atoms with Gasteiger partial charge in [-0.25, -0.2) is 4.98 Å². The Morgan fingerprint density at radius 1 is 1.50 bits per heavy atom. The van der Waals surface area contributed by atoms with Gasteiger partial charge in [0, 0.05) is 5.69 Å². The lowest BCUT2D eigenvalue weighted by atomic mass is 10.3. The number of rotatable bonds is 2. The number of thiazole rings is 1. The molecule has 72 valence electrons. The Bertz CT molecular complexity index is 492. The Hall–Kier alpha value is -1.62. The highest BCUT2D eigenvalue weighted by molar-refractivity contribution is 7.18. The number of benzene rings is 1. The van der Waals surface area contributed by atoms with Crippen molar-refractivity contribution in [2.24, 2.45) is 5.73 Å². The standard InChI is InChI=1S/C9H9N3OS/c10-5-1-2-6-7(3-5)14-9(12-6)4-8(11)13/h1-3H,4,10H2,(H2,11,13). The molecule has 5 heteroatoms. The molecule has 0 unspecified atom stereocenters. The predicted molar refractivity (Wildman–Crippen MR) is 56.9 cm³/mol. The van der Waals surface area contributed by atoms with E-state index in [0.29, 0.717) is 5.69 Å². The first-order valence-electron chi connectivity index (χ1n) is 4.08. The van der Waals surface area contributed by atoms with Crippen molar-refractivity contribution in [2.45, 2.75) is 6.42 Å². The Kier molecular flexibility index (Phi) is 2.09. The Labute approximate surface area is 84.5 Å². The van der Waals surface area contributed by atoms with E-state index in [4.69, 9.17) is 11.5 Å². The van der Waals surface area contributed by atoms with Crippen molar-refractivity contribution >= 4 is 33.1 Å². The molecular weight excluding hydrogens is 198 g/mol. The second-order valence-electron chi connectivity index (χ2n) is 2.98. The molecule has 0 bridgehead atoms. The topological polar surface area (TPSA) is 82.0 Å². The van der Waals surface area contributed by atoms with Crippen LogP contribution in [0.1, 0.15) is 5.01 Å². The maximum Gasteiger partial charge on any atom is 0.224 e. The zero-order valence-electron chi connectivity index (χ0n) is 7.36. The summed E-state index contributed by atoms with van der Waals surface area (Å²) in [4.78, 5) is 14.9. The van der Waals surface area contributed by atoms with E-state index in [1.807, 2.05) is 12.1 Å². The summed E-state index contributed by atoms with van der Waals surface area (Å²) in [5.41, 5.74) is 12.3. The van der Waals surface area contributed by atoms with Crippen LogP contribution in [0.5, 0.6) is 0 Å². The number of nitrogen functional groups attached to an aromatic ring is 1. The maximum atomic E-state index is 10.7. The van der Waals surface area contributed by atoms with Gasteiger partial charge in [0.15, 0.2) is 0 Å². The van der Waals surface area contributed by atoms with Gasteiger partial charge in [-0.2, -0.15) is 0 Å². The lowest BCUT2D eigenvalue weighted by molar-refractivity contribution is -0.117. The molecule has 0 aliphatic carbocycles. The number of aromatic nitrogens is 1. The average molecular weight is 207 g/mol. The molecule has 2 rings (SSSR count). The average Bonchev–Trinajstić information content (AvgIpc) is 2.44. The second kappa shape index (κ2) is 3.26. The van der Waals surface area contributed by atoms with Crippen molar-refractivity contribution in [1.29, 1.82) is 0 Å². The number of amides is 1. The molecule has 0 saturated heterocycles. The highest BCUT2D eigenvalue weighted by Crippen LogP contribution is 2.24. The minimum Gasteiger partial charge on any atom is -0.399 e. The summed E-state index contributed by atoms with van der Waals surface area (Å²) in [6.07, 6.45) is 0.194. The minimum absolute atomic E-state index is 0.194. The zero-order chi connectivity index (χ0) is 10.1. The van der Waals surface area contributed by atoms with E-state index in [1.54, 1.807) is 6.07 Å². The fraction of sp³-hybridized carbons (Fsp3) is 0.111. The zero-order valence-corrected chi connectivity index (χ0v) is 8.17. The number of carbonyl (C=O) groups is 1. The van der Waals surface area contributed by atoms with Crippen LogP contribution in [0.15, 0.2) is 18.2 Å². The molecule has 0 fully saturated rings. The van der Waals surface area contributed by atoms with Gasteiger partial charge >= 0.3 is 0 Å². The van der Waals surface area contributed by atoms with Crippen molar-refractivity contribution in [3.63, 3.8) is 0 Å². The highest BCUT2D eigenvalue weighted by Gasteiger charge is 2.06. The van der Waals surface area contributed by atoms with Gasteiger partial charge in [0.05, 0.1) is 16.6 Å². The van der Waals surface area contributed by atoms with Gasteiger partial charge in [0.25, 0.3) is 0 Å². The van der Waals surface area contributed by atoms with E-state index in [-0.39, 0.29) is 12.3 Å². The Morgan fingerprint density at radius 3 is 3.00 bits per heavy atom. The number of hydrogen-bond donors (Lipinski definition) is 2. The lowest BCUT2D eigenvalue weighted by Crippen LogP contribution is -2.13. The molecule has 0 saturated carbocycles. The van der Waals surface area contributed by atoms with Crippen LogP contribution in [0, 0.1) is 0 Å². The van der Waals surface area contributed by atoms with E-state index in [2.05, 4.69) is 4.98 Å². The van der Waals surface area contributed by atoms with E-state index in [1.165, 1.54) is 11.3 Å². The molecule has 1 amide bonds. The molecule has 0 aliphatic heterocycles. The number of anilines is 1. The summed E-state index contributed by atoms with van der Waals surface area (Å²) < 4.78 is 0.987. The van der Waals surface area contributed by atoms with Gasteiger partial charge in [-0.3, -0.25) is 4.79 Å². The van der Waals surface area contributed by atoms with Crippen molar-refractivity contribution in [3.8, 4) is 0 Å². The summed E-state index contributed by atoms with van der Waals surface area (Å²) >= 11 is 1.45. The molecule has 4 N–H and O–H groups in total. The fourth-order valence-electron chi connectivity index (χ4n) is 1.21. The first-order valence-corrected chi connectivity index (χ1v) is 4.90. The van der Waals surface area contributed by atoms with Gasteiger partial charge in [0.2, 0.25) is 5.91 Å². The van der Waals surface area contributed by atoms with E-state index in [9.17, 15) is 4.79 Å². The predicted octanol–water partition coefficient (Wildman–Crippen LogP) is 0.906. The number of nitrogens with two attached hydrogens (primary N) is 2. The smallest absolute Gasteiger partial charge is 0.224 e. The fourth-order valence-corrected chi connectivity index (χ4v) is 2.24. The molecule has 1 aromatic heterocycles. The molecule has 2 aromatic rings. The summed E-state index contributed by atoms with van der Waals surface area (Å²) in [7, 11) is 0. The molecule has 1 heterocycles. The van der Waals surface area contributed by atoms with Gasteiger partial charge in [-0.15, -0.1) is 11.3 Å². The van der Waals surface area contributed by atoms with Crippen LogP contribution in [-0.4, -0.2) is 10.9 Å². The number of primary amides is 1. The lowest BCUT2D eigenvalue weighted by Gasteiger charge is -1.89. The maximum absolute atomic E-state index is 10.7. The van der Waals surface area contributed by atoms with Gasteiger partial charge < -0.3 is 11.5 Å². The molecule has 0 aliphatic rings. The van der Waals surface area contributed by atoms with Crippen molar-refractivity contribution < 1.29 is 4.79 Å². The summed E-state index contributed by atoms with van der Waals surface area (Å²) in [6, 6.07) is 5.47. The van der Waals surface area contributed by atoms with Crippen molar-refractivity contribution in [3.05, 3.63) is 23.2 Å². The molecule has 14 heavy (non-hydrogen) atoms. The quantitative estimate of drug-likeness (QED) is 0.718. The SMILES string of the molecule is NC(=O)Cc1nc2ccc(N)cc2s1. The molecule has 1 aromatic carbocycles. The van der Waals surface area contributed by atoms with Crippen molar-refractivity contribution in [2.75, 3.05) is 5.73 Å². The first kappa shape index (κ1) is 8.96. The third kappa shape index (κ3) is 1.67. The normalized spacial score (nSPS) is 10.6. The van der Waals surface area contributed by atoms with Crippen LogP contribution in [0.3, 0.4) is 0 Å². The molecular formula is C9H9N3OS. The summed E-state index contributed by atoms with van der Waals surface area (Å²) in [6.45, 7) is 0. The largest absolute Gasteiger partial charge is 0.399 e. The Morgan fingerprint density at radius 2 is 2.29 bits per heavy atom. The third-order valence-corrected chi connectivity index (χ3v) is 2.80. The molecule has 4 nitrogen and oxygen atoms in total. The number of carbonyl (C=O) groups excluding carboxylic acids is 1. The van der Waals surface area contributed by atoms with Crippen LogP contribution >= 0.6 is 11.3 Å². The summed E-state index contributed by atoms with van der Waals surface area (Å²) in [5, 5.41) is 0.734. The highest BCUT2D eigenvalue weighted by atomic mass is 32.1. The van der Waals surface area contributed by atoms with E-state index in [0.717, 1.165) is 15.2 Å². The number of nitrogens with zero attached hydrogens (tertiary/aromatic N) is 1. The van der Waals surface area contributed by atoms with E-state index >= 15 is 0 Å². The molecule has 0 atom stereocenters. The molecule has 0 radical (unpaired) electrons. The third-order valence-electron chi connectivity index (χ3n) is 1.78. The monoisotopic (exact) mass is 207 g/mol. The van der Waals surface area contributed by atoms with Crippen LogP contribution in [-0.2, 0) is 11.2 Å². The summed E-state index contributed by atoms with van der Waals surface area (Å²) in [5.74, 6) is -0.364. The van der Waals surface area contributed by atoms with E-state index < -0.39 is 0 Å². The second-order valence-corrected chi connectivity index (χ2v) is 4.09. The van der Waals surface area contributed by atoms with Crippen LogP contribution in [0.2, 0.25) is 0 Å². The van der Waals surface area contributed by atoms with Crippen LogP contribution in [0.4, 0.5) is 5.69 Å².